The highest BCUT2D eigenvalue weighted by molar-refractivity contribution is 5.76. The topological polar surface area (TPSA) is 48.0 Å². The summed E-state index contributed by atoms with van der Waals surface area (Å²) in [5.41, 5.74) is 6.01. The van der Waals surface area contributed by atoms with Crippen LogP contribution in [0.3, 0.4) is 0 Å². The summed E-state index contributed by atoms with van der Waals surface area (Å²) >= 11 is 0. The highest BCUT2D eigenvalue weighted by Crippen LogP contribution is 2.55. The van der Waals surface area contributed by atoms with Crippen molar-refractivity contribution in [2.75, 3.05) is 27.3 Å². The van der Waals surface area contributed by atoms with E-state index >= 15 is 0 Å². The first-order valence-corrected chi connectivity index (χ1v) is 12.2. The Balaban J connectivity index is 1.37. The molecule has 2 fully saturated rings. The smallest absolute Gasteiger partial charge is 0.310 e. The van der Waals surface area contributed by atoms with E-state index in [1.807, 2.05) is 0 Å². The van der Waals surface area contributed by atoms with Gasteiger partial charge in [0.1, 0.15) is 6.10 Å². The Bertz CT molecular complexity index is 953. The third-order valence-electron chi connectivity index (χ3n) is 8.92. The Morgan fingerprint density at radius 3 is 2.69 bits per heavy atom. The quantitative estimate of drug-likeness (QED) is 0.484. The number of hydrogen-bond acceptors (Lipinski definition) is 5. The molecular formula is C27H37NO4. The number of fused-ring (bicyclic) bond motifs is 3. The largest absolute Gasteiger partial charge is 0.493 e. The molecule has 1 saturated carbocycles. The van der Waals surface area contributed by atoms with Gasteiger partial charge in [-0.05, 0) is 81.0 Å². The van der Waals surface area contributed by atoms with E-state index in [0.29, 0.717) is 5.92 Å². The minimum atomic E-state index is -0.0316. The van der Waals surface area contributed by atoms with E-state index < -0.39 is 0 Å². The number of carbonyl (C=O) groups excluding carboxylic acids is 1. The van der Waals surface area contributed by atoms with Gasteiger partial charge < -0.3 is 14.2 Å². The lowest BCUT2D eigenvalue weighted by atomic mass is 9.59. The zero-order chi connectivity index (χ0) is 22.6. The lowest BCUT2D eigenvalue weighted by Crippen LogP contribution is -2.43. The monoisotopic (exact) mass is 439 g/mol. The van der Waals surface area contributed by atoms with Gasteiger partial charge in [0, 0.05) is 25.0 Å². The molecule has 0 spiro atoms. The van der Waals surface area contributed by atoms with Crippen LogP contribution in [-0.2, 0) is 16.0 Å². The van der Waals surface area contributed by atoms with Crippen molar-refractivity contribution in [3.63, 3.8) is 0 Å². The fraction of sp³-hybridized carbons (Fsp3) is 0.667. The second-order valence-corrected chi connectivity index (χ2v) is 10.7. The lowest BCUT2D eigenvalue weighted by molar-refractivity contribution is -0.145. The van der Waals surface area contributed by atoms with Gasteiger partial charge in [-0.25, -0.2) is 0 Å². The van der Waals surface area contributed by atoms with Gasteiger partial charge in [-0.15, -0.1) is 0 Å². The van der Waals surface area contributed by atoms with Gasteiger partial charge in [-0.3, -0.25) is 9.69 Å². The molecule has 5 rings (SSSR count). The first kappa shape index (κ1) is 21.8. The van der Waals surface area contributed by atoms with Crippen molar-refractivity contribution in [1.29, 1.82) is 0 Å². The SMILES string of the molecule is COc1cc2c(cc1OC)[C@H](C)N(C[C@H]1C(=O)O[C@@H]3C[C@@]4(C)CCCC(C)=C4C[C@H]31)CC2. The Kier molecular flexibility index (Phi) is 5.51. The third-order valence-corrected chi connectivity index (χ3v) is 8.92. The molecule has 0 bridgehead atoms. The average Bonchev–Trinajstić information content (AvgIpc) is 3.06. The van der Waals surface area contributed by atoms with Crippen LogP contribution in [0.15, 0.2) is 23.3 Å². The predicted molar refractivity (Wildman–Crippen MR) is 124 cm³/mol. The number of ether oxygens (including phenoxy) is 3. The zero-order valence-corrected chi connectivity index (χ0v) is 20.2. The molecular weight excluding hydrogens is 402 g/mol. The van der Waals surface area contributed by atoms with Crippen LogP contribution in [0.2, 0.25) is 0 Å². The van der Waals surface area contributed by atoms with Gasteiger partial charge in [0.2, 0.25) is 0 Å². The van der Waals surface area contributed by atoms with Crippen LogP contribution >= 0.6 is 0 Å². The molecule has 0 unspecified atom stereocenters. The summed E-state index contributed by atoms with van der Waals surface area (Å²) in [5.74, 6) is 1.86. The fourth-order valence-electron chi connectivity index (χ4n) is 7.02. The summed E-state index contributed by atoms with van der Waals surface area (Å²) < 4.78 is 17.1. The van der Waals surface area contributed by atoms with Crippen LogP contribution in [0, 0.1) is 17.3 Å². The molecule has 2 aliphatic heterocycles. The van der Waals surface area contributed by atoms with Crippen molar-refractivity contribution in [1.82, 2.24) is 4.90 Å². The minimum Gasteiger partial charge on any atom is -0.493 e. The van der Waals surface area contributed by atoms with Crippen molar-refractivity contribution in [3.05, 3.63) is 34.4 Å². The lowest BCUT2D eigenvalue weighted by Gasteiger charge is -2.46. The molecule has 1 saturated heterocycles. The summed E-state index contributed by atoms with van der Waals surface area (Å²) in [6, 6.07) is 4.46. The molecule has 2 aliphatic carbocycles. The molecule has 1 aromatic rings. The number of methoxy groups -OCH3 is 2. The van der Waals surface area contributed by atoms with Gasteiger partial charge >= 0.3 is 5.97 Å². The molecule has 0 amide bonds. The Morgan fingerprint density at radius 2 is 1.94 bits per heavy atom. The van der Waals surface area contributed by atoms with Crippen LogP contribution in [0.1, 0.15) is 70.0 Å². The van der Waals surface area contributed by atoms with Gasteiger partial charge in [0.05, 0.1) is 20.1 Å². The third kappa shape index (κ3) is 3.44. The van der Waals surface area contributed by atoms with Crippen molar-refractivity contribution in [3.8, 4) is 11.5 Å². The maximum absolute atomic E-state index is 13.0. The number of esters is 1. The van der Waals surface area contributed by atoms with Gasteiger partial charge in [-0.2, -0.15) is 0 Å². The Morgan fingerprint density at radius 1 is 1.19 bits per heavy atom. The van der Waals surface area contributed by atoms with Gasteiger partial charge in [0.15, 0.2) is 11.5 Å². The van der Waals surface area contributed by atoms with E-state index in [4.69, 9.17) is 14.2 Å². The fourth-order valence-corrected chi connectivity index (χ4v) is 7.02. The molecule has 0 radical (unpaired) electrons. The maximum Gasteiger partial charge on any atom is 0.310 e. The molecule has 5 heteroatoms. The molecule has 174 valence electrons. The van der Waals surface area contributed by atoms with E-state index in [2.05, 4.69) is 37.8 Å². The number of carbonyl (C=O) groups is 1. The Hall–Kier alpha value is -2.01. The summed E-state index contributed by atoms with van der Waals surface area (Å²) in [4.78, 5) is 15.5. The van der Waals surface area contributed by atoms with E-state index in [0.717, 1.165) is 43.9 Å². The van der Waals surface area contributed by atoms with E-state index in [1.54, 1.807) is 25.4 Å². The molecule has 5 nitrogen and oxygen atoms in total. The highest BCUT2D eigenvalue weighted by atomic mass is 16.6. The molecule has 2 heterocycles. The van der Waals surface area contributed by atoms with Crippen LogP contribution in [0.4, 0.5) is 0 Å². The van der Waals surface area contributed by atoms with Crippen molar-refractivity contribution in [2.45, 2.75) is 71.4 Å². The predicted octanol–water partition coefficient (Wildman–Crippen LogP) is 5.08. The summed E-state index contributed by atoms with van der Waals surface area (Å²) in [7, 11) is 3.37. The Labute approximate surface area is 192 Å². The summed E-state index contributed by atoms with van der Waals surface area (Å²) in [5, 5.41) is 0. The number of benzene rings is 1. The standard InChI is InChI=1S/C27H37NO4/c1-16-7-6-9-27(3)14-25-20(12-22(16)27)21(26(29)32-25)15-28-10-8-18-11-23(30-4)24(31-5)13-19(18)17(28)2/h11,13,17,20-21,25H,6-10,12,14-15H2,1-5H3/t17-,20-,21+,25+,27+/m0/s1. The first-order valence-electron chi connectivity index (χ1n) is 12.2. The molecule has 5 atom stereocenters. The van der Waals surface area contributed by atoms with Crippen LogP contribution < -0.4 is 9.47 Å². The molecule has 4 aliphatic rings. The van der Waals surface area contributed by atoms with Crippen molar-refractivity contribution in [2.24, 2.45) is 17.3 Å². The maximum atomic E-state index is 13.0. The summed E-state index contributed by atoms with van der Waals surface area (Å²) in [6.45, 7) is 8.67. The average molecular weight is 440 g/mol. The van der Waals surface area contributed by atoms with Crippen LogP contribution in [0.25, 0.3) is 0 Å². The van der Waals surface area contributed by atoms with Gasteiger partial charge in [0.25, 0.3) is 0 Å². The second-order valence-electron chi connectivity index (χ2n) is 10.7. The number of hydrogen-bond donors (Lipinski definition) is 0. The first-order chi connectivity index (χ1) is 15.3. The molecule has 1 aromatic carbocycles. The number of rotatable bonds is 4. The normalized spacial score (nSPS) is 34.5. The zero-order valence-electron chi connectivity index (χ0n) is 20.2. The summed E-state index contributed by atoms with van der Waals surface area (Å²) in [6.07, 6.45) is 6.79. The highest BCUT2D eigenvalue weighted by Gasteiger charge is 2.53. The van der Waals surface area contributed by atoms with Crippen molar-refractivity contribution < 1.29 is 19.0 Å². The number of allylic oxidation sites excluding steroid dienone is 2. The molecule has 0 aromatic heterocycles. The number of nitrogens with zero attached hydrogens (tertiary/aromatic N) is 1. The minimum absolute atomic E-state index is 0.0193. The van der Waals surface area contributed by atoms with Crippen molar-refractivity contribution >= 4 is 5.97 Å². The van der Waals surface area contributed by atoms with Gasteiger partial charge in [-0.1, -0.05) is 18.1 Å². The van der Waals surface area contributed by atoms with E-state index in [1.165, 1.54) is 30.4 Å². The van der Waals surface area contributed by atoms with Crippen LogP contribution in [0.5, 0.6) is 11.5 Å². The van der Waals surface area contributed by atoms with E-state index in [9.17, 15) is 4.79 Å². The second kappa shape index (κ2) is 8.09. The molecule has 32 heavy (non-hydrogen) atoms. The molecule has 0 N–H and O–H groups in total. The van der Waals surface area contributed by atoms with Crippen LogP contribution in [-0.4, -0.2) is 44.3 Å². The van der Waals surface area contributed by atoms with E-state index in [-0.39, 0.29) is 29.4 Å².